The molecule has 0 saturated carbocycles. The summed E-state index contributed by atoms with van der Waals surface area (Å²) in [5, 5.41) is 0. The molecule has 3 aliphatic carbocycles. The zero-order valence-corrected chi connectivity index (χ0v) is 44.5. The van der Waals surface area contributed by atoms with Crippen LogP contribution in [0.4, 0.5) is 34.1 Å². The van der Waals surface area contributed by atoms with Crippen LogP contribution < -0.4 is 26.2 Å². The Bertz CT molecular complexity index is 3080. The molecule has 2 heterocycles. The summed E-state index contributed by atoms with van der Waals surface area (Å²) in [6.45, 7) is 39.3. The van der Waals surface area contributed by atoms with E-state index >= 15 is 0 Å². The van der Waals surface area contributed by atoms with Gasteiger partial charge in [-0.1, -0.05) is 158 Å². The highest BCUT2D eigenvalue weighted by Crippen LogP contribution is 2.55. The van der Waals surface area contributed by atoms with Crippen LogP contribution in [0.15, 0.2) is 103 Å². The van der Waals surface area contributed by atoms with Gasteiger partial charge in [0.25, 0.3) is 6.71 Å². The van der Waals surface area contributed by atoms with Crippen molar-refractivity contribution in [3.8, 4) is 11.1 Å². The Morgan fingerprint density at radius 1 is 0.412 bits per heavy atom. The SMILES string of the molecule is Cc1cc2c3c(c1)N(c1cc4c(cc1-c1ccccc1)C(C)(C)CCC4(C)C)c1ccc(C(C)(C)C)cc1B3c1cc3c(cc1N2c1ccc2c(c1)C(C)(C)CCC2(C)C)C(C)(C)CCC3(C)C. The Kier molecular flexibility index (Phi) is 9.70. The van der Waals surface area contributed by atoms with Gasteiger partial charge in [0.05, 0.1) is 5.69 Å². The van der Waals surface area contributed by atoms with Gasteiger partial charge in [0.2, 0.25) is 0 Å². The summed E-state index contributed by atoms with van der Waals surface area (Å²) in [4.78, 5) is 5.44. The lowest BCUT2D eigenvalue weighted by Crippen LogP contribution is -2.62. The molecule has 2 aliphatic heterocycles. The van der Waals surface area contributed by atoms with Gasteiger partial charge in [-0.3, -0.25) is 0 Å². The first-order valence-corrected chi connectivity index (χ1v) is 26.2. The van der Waals surface area contributed by atoms with Crippen LogP contribution in [0, 0.1) is 6.92 Å². The molecule has 2 nitrogen and oxygen atoms in total. The van der Waals surface area contributed by atoms with Crippen LogP contribution in [0.1, 0.15) is 187 Å². The maximum absolute atomic E-state index is 2.72. The van der Waals surface area contributed by atoms with Crippen LogP contribution in [0.5, 0.6) is 0 Å². The highest BCUT2D eigenvalue weighted by molar-refractivity contribution is 7.00. The number of hydrogen-bond acceptors (Lipinski definition) is 2. The largest absolute Gasteiger partial charge is 0.311 e. The number of benzene rings is 6. The second-order valence-electron chi connectivity index (χ2n) is 27.1. The normalized spacial score (nSPS) is 20.6. The zero-order chi connectivity index (χ0) is 48.5. The van der Waals surface area contributed by atoms with E-state index in [9.17, 15) is 0 Å². The number of nitrogens with zero attached hydrogens (tertiary/aromatic N) is 2. The second kappa shape index (κ2) is 14.5. The van der Waals surface area contributed by atoms with Gasteiger partial charge in [-0.05, 0) is 198 Å². The van der Waals surface area contributed by atoms with E-state index in [0.29, 0.717) is 0 Å². The third kappa shape index (κ3) is 6.77. The minimum absolute atomic E-state index is 0.0258. The molecular formula is C65H77BN2. The summed E-state index contributed by atoms with van der Waals surface area (Å²) in [5.41, 5.74) is 26.8. The van der Waals surface area contributed by atoms with Crippen molar-refractivity contribution in [2.45, 2.75) is 187 Å². The Labute approximate surface area is 411 Å². The molecule has 0 aromatic heterocycles. The molecule has 0 spiro atoms. The summed E-state index contributed by atoms with van der Waals surface area (Å²) < 4.78 is 0. The third-order valence-electron chi connectivity index (χ3n) is 18.4. The van der Waals surface area contributed by atoms with Crippen molar-refractivity contribution in [1.82, 2.24) is 0 Å². The van der Waals surface area contributed by atoms with Crippen LogP contribution in [-0.4, -0.2) is 6.71 Å². The topological polar surface area (TPSA) is 6.48 Å². The molecule has 6 aromatic rings. The number of anilines is 6. The van der Waals surface area contributed by atoms with Crippen LogP contribution in [-0.2, 0) is 37.9 Å². The van der Waals surface area contributed by atoms with Gasteiger partial charge in [0, 0.05) is 34.0 Å². The van der Waals surface area contributed by atoms with Crippen molar-refractivity contribution in [3.05, 3.63) is 148 Å². The minimum atomic E-state index is -0.0258. The lowest BCUT2D eigenvalue weighted by atomic mass is 9.33. The highest BCUT2D eigenvalue weighted by Gasteiger charge is 2.48. The average Bonchev–Trinajstić information content (AvgIpc) is 3.27. The second-order valence-corrected chi connectivity index (χ2v) is 27.1. The van der Waals surface area contributed by atoms with E-state index in [-0.39, 0.29) is 44.6 Å². The number of rotatable bonds is 3. The molecule has 11 rings (SSSR count). The highest BCUT2D eigenvalue weighted by atomic mass is 15.2. The smallest absolute Gasteiger partial charge is 0.252 e. The van der Waals surface area contributed by atoms with Crippen molar-refractivity contribution < 1.29 is 0 Å². The fourth-order valence-electron chi connectivity index (χ4n) is 13.6. The van der Waals surface area contributed by atoms with Crippen molar-refractivity contribution in [2.75, 3.05) is 9.80 Å². The summed E-state index contributed by atoms with van der Waals surface area (Å²) in [7, 11) is 0. The molecule has 6 aromatic carbocycles. The zero-order valence-electron chi connectivity index (χ0n) is 44.5. The Hall–Kier alpha value is -5.02. The third-order valence-corrected chi connectivity index (χ3v) is 18.4. The summed E-state index contributed by atoms with van der Waals surface area (Å²) in [6.07, 6.45) is 7.11. The number of hydrogen-bond donors (Lipinski definition) is 0. The molecule has 0 amide bonds. The lowest BCUT2D eigenvalue weighted by Gasteiger charge is -2.48. The fraction of sp³-hybridized carbons (Fsp3) is 0.446. The molecule has 3 heteroatoms. The first kappa shape index (κ1) is 45.4. The van der Waals surface area contributed by atoms with Crippen molar-refractivity contribution in [1.29, 1.82) is 0 Å². The van der Waals surface area contributed by atoms with Gasteiger partial charge >= 0.3 is 0 Å². The molecule has 0 bridgehead atoms. The van der Waals surface area contributed by atoms with Crippen LogP contribution in [0.3, 0.4) is 0 Å². The molecule has 0 saturated heterocycles. The Balaban J connectivity index is 1.28. The van der Waals surface area contributed by atoms with E-state index in [4.69, 9.17) is 0 Å². The van der Waals surface area contributed by atoms with E-state index in [2.05, 4.69) is 224 Å². The standard InChI is InChI=1S/C65H77BN2/c1-40-32-56-58-57(33-40)68(54-38-49-47(62(9,10)28-30-64(49,13)14)36-44(54)41-20-18-17-19-21-41)53-25-22-42(59(2,3)4)34-51(53)66(58)52-37-48-50(65(15,16)31-29-63(48,11)12)39-55(52)67(56)43-23-24-45-46(35-43)61(7,8)27-26-60(45,5)6/h17-25,32-39H,26-31H2,1-16H3. The lowest BCUT2D eigenvalue weighted by molar-refractivity contribution is 0.332. The summed E-state index contributed by atoms with van der Waals surface area (Å²) >= 11 is 0. The van der Waals surface area contributed by atoms with Crippen LogP contribution in [0.25, 0.3) is 11.1 Å². The first-order valence-electron chi connectivity index (χ1n) is 26.2. The predicted octanol–water partition coefficient (Wildman–Crippen LogP) is 16.1. The Morgan fingerprint density at radius 3 is 1.44 bits per heavy atom. The minimum Gasteiger partial charge on any atom is -0.311 e. The number of aryl methyl sites for hydroxylation is 1. The molecule has 68 heavy (non-hydrogen) atoms. The van der Waals surface area contributed by atoms with Crippen molar-refractivity contribution in [3.63, 3.8) is 0 Å². The maximum Gasteiger partial charge on any atom is 0.252 e. The van der Waals surface area contributed by atoms with Crippen LogP contribution >= 0.6 is 0 Å². The quantitative estimate of drug-likeness (QED) is 0.163. The summed E-state index contributed by atoms with van der Waals surface area (Å²) in [5.74, 6) is 0. The fourth-order valence-corrected chi connectivity index (χ4v) is 13.6. The van der Waals surface area contributed by atoms with Crippen LogP contribution in [0.2, 0.25) is 0 Å². The maximum atomic E-state index is 2.72. The van der Waals surface area contributed by atoms with E-state index in [0.717, 1.165) is 0 Å². The molecule has 0 fully saturated rings. The van der Waals surface area contributed by atoms with Gasteiger partial charge < -0.3 is 9.80 Å². The van der Waals surface area contributed by atoms with Gasteiger partial charge in [0.1, 0.15) is 0 Å². The van der Waals surface area contributed by atoms with Gasteiger partial charge in [-0.25, -0.2) is 0 Å². The van der Waals surface area contributed by atoms with E-state index < -0.39 is 0 Å². The molecular weight excluding hydrogens is 820 g/mol. The molecule has 0 N–H and O–H groups in total. The van der Waals surface area contributed by atoms with Gasteiger partial charge in [-0.2, -0.15) is 0 Å². The van der Waals surface area contributed by atoms with E-state index in [1.165, 1.54) is 145 Å². The monoisotopic (exact) mass is 897 g/mol. The average molecular weight is 897 g/mol. The van der Waals surface area contributed by atoms with E-state index in [1.54, 1.807) is 0 Å². The molecule has 350 valence electrons. The van der Waals surface area contributed by atoms with Gasteiger partial charge in [-0.15, -0.1) is 0 Å². The molecule has 5 aliphatic rings. The molecule has 0 unspecified atom stereocenters. The summed E-state index contributed by atoms with van der Waals surface area (Å²) in [6, 6.07) is 42.1. The molecule has 0 atom stereocenters. The predicted molar refractivity (Wildman–Crippen MR) is 295 cm³/mol. The van der Waals surface area contributed by atoms with Crippen molar-refractivity contribution >= 4 is 57.2 Å². The first-order chi connectivity index (χ1) is 31.7. The number of fused-ring (bicyclic) bond motifs is 7. The van der Waals surface area contributed by atoms with Gasteiger partial charge in [0.15, 0.2) is 0 Å². The van der Waals surface area contributed by atoms with E-state index in [1.807, 2.05) is 0 Å². The van der Waals surface area contributed by atoms with Crippen molar-refractivity contribution in [2.24, 2.45) is 0 Å². The Morgan fingerprint density at radius 2 is 0.882 bits per heavy atom. The molecule has 0 radical (unpaired) electrons.